The fourth-order valence-electron chi connectivity index (χ4n) is 2.08. The van der Waals surface area contributed by atoms with Crippen molar-refractivity contribution < 1.29 is 13.2 Å². The van der Waals surface area contributed by atoms with Crippen molar-refractivity contribution in [1.29, 1.82) is 0 Å². The minimum absolute atomic E-state index is 0.320. The lowest BCUT2D eigenvalue weighted by Gasteiger charge is -2.08. The molecular weight excluding hydrogens is 288 g/mol. The number of benzene rings is 1. The molecule has 114 valence electrons. The van der Waals surface area contributed by atoms with Crippen molar-refractivity contribution in [2.75, 3.05) is 19.5 Å². The highest BCUT2D eigenvalue weighted by molar-refractivity contribution is 7.90. The molecule has 0 bridgehead atoms. The zero-order valence-electron chi connectivity index (χ0n) is 12.3. The summed E-state index contributed by atoms with van der Waals surface area (Å²) in [5.74, 6) is 0.839. The minimum atomic E-state index is -3.16. The van der Waals surface area contributed by atoms with Crippen LogP contribution in [0.5, 0.6) is 0 Å². The van der Waals surface area contributed by atoms with Crippen molar-refractivity contribution in [3.63, 3.8) is 0 Å². The van der Waals surface area contributed by atoms with Crippen LogP contribution in [-0.2, 0) is 21.1 Å². The second kappa shape index (κ2) is 6.87. The lowest BCUT2D eigenvalue weighted by Crippen LogP contribution is -2.04. The summed E-state index contributed by atoms with van der Waals surface area (Å²) in [7, 11) is -3.16. The summed E-state index contributed by atoms with van der Waals surface area (Å²) in [6, 6.07) is 6.81. The van der Waals surface area contributed by atoms with E-state index in [9.17, 15) is 8.42 Å². The highest BCUT2D eigenvalue weighted by atomic mass is 32.2. The Morgan fingerprint density at radius 2 is 1.95 bits per heavy atom. The van der Waals surface area contributed by atoms with Crippen LogP contribution in [0.4, 0.5) is 0 Å². The molecule has 0 saturated carbocycles. The summed E-state index contributed by atoms with van der Waals surface area (Å²) in [6.45, 7) is 4.25. The summed E-state index contributed by atoms with van der Waals surface area (Å²) < 4.78 is 30.3. The second-order valence-corrected chi connectivity index (χ2v) is 6.81. The third-order valence-corrected chi connectivity index (χ3v) is 4.28. The van der Waals surface area contributed by atoms with E-state index in [0.717, 1.165) is 37.6 Å². The molecular formula is C15H20N2O3S. The van der Waals surface area contributed by atoms with Crippen molar-refractivity contribution in [3.8, 4) is 11.4 Å². The summed E-state index contributed by atoms with van der Waals surface area (Å²) >= 11 is 0. The first kappa shape index (κ1) is 15.7. The van der Waals surface area contributed by atoms with E-state index in [0.29, 0.717) is 4.90 Å². The van der Waals surface area contributed by atoms with Crippen LogP contribution in [0.15, 0.2) is 41.6 Å². The van der Waals surface area contributed by atoms with Crippen molar-refractivity contribution in [2.24, 2.45) is 0 Å². The lowest BCUT2D eigenvalue weighted by atomic mass is 10.2. The Bertz CT molecular complexity index is 675. The van der Waals surface area contributed by atoms with Gasteiger partial charge < -0.3 is 9.30 Å². The third kappa shape index (κ3) is 4.15. The maximum Gasteiger partial charge on any atom is 0.175 e. The van der Waals surface area contributed by atoms with E-state index < -0.39 is 9.84 Å². The normalized spacial score (nSPS) is 11.7. The summed E-state index contributed by atoms with van der Waals surface area (Å²) in [6.07, 6.45) is 5.79. The molecule has 0 aliphatic carbocycles. The van der Waals surface area contributed by atoms with E-state index in [2.05, 4.69) is 9.55 Å². The SMILES string of the molecule is CCOCCCn1ccnc1-c1ccc(S(C)(=O)=O)cc1. The Morgan fingerprint density at radius 3 is 2.57 bits per heavy atom. The van der Waals surface area contributed by atoms with Gasteiger partial charge in [-0.1, -0.05) is 0 Å². The molecule has 6 heteroatoms. The summed E-state index contributed by atoms with van der Waals surface area (Å²) in [4.78, 5) is 4.67. The number of ether oxygens (including phenoxy) is 1. The van der Waals surface area contributed by atoms with Gasteiger partial charge in [0.25, 0.3) is 0 Å². The number of hydrogen-bond acceptors (Lipinski definition) is 4. The maximum absolute atomic E-state index is 11.5. The maximum atomic E-state index is 11.5. The molecule has 0 N–H and O–H groups in total. The topological polar surface area (TPSA) is 61.2 Å². The van der Waals surface area contributed by atoms with E-state index in [1.54, 1.807) is 30.5 Å². The van der Waals surface area contributed by atoms with Gasteiger partial charge in [0.15, 0.2) is 9.84 Å². The highest BCUT2D eigenvalue weighted by Crippen LogP contribution is 2.20. The molecule has 0 aliphatic heterocycles. The molecule has 1 aromatic carbocycles. The van der Waals surface area contributed by atoms with Crippen molar-refractivity contribution >= 4 is 9.84 Å². The molecule has 2 rings (SSSR count). The number of aryl methyl sites for hydroxylation is 1. The van der Waals surface area contributed by atoms with Gasteiger partial charge in [-0.25, -0.2) is 13.4 Å². The first-order valence-electron chi connectivity index (χ1n) is 6.91. The van der Waals surface area contributed by atoms with Crippen molar-refractivity contribution in [1.82, 2.24) is 9.55 Å². The fraction of sp³-hybridized carbons (Fsp3) is 0.400. The largest absolute Gasteiger partial charge is 0.382 e. The fourth-order valence-corrected chi connectivity index (χ4v) is 2.71. The van der Waals surface area contributed by atoms with Gasteiger partial charge in [0.2, 0.25) is 0 Å². The van der Waals surface area contributed by atoms with E-state index >= 15 is 0 Å². The van der Waals surface area contributed by atoms with Gasteiger partial charge in [-0.15, -0.1) is 0 Å². The van der Waals surface area contributed by atoms with Crippen LogP contribution in [0, 0.1) is 0 Å². The minimum Gasteiger partial charge on any atom is -0.382 e. The number of rotatable bonds is 7. The molecule has 0 saturated heterocycles. The van der Waals surface area contributed by atoms with Crippen LogP contribution in [0.2, 0.25) is 0 Å². The van der Waals surface area contributed by atoms with Crippen LogP contribution >= 0.6 is 0 Å². The number of nitrogens with zero attached hydrogens (tertiary/aromatic N) is 2. The average Bonchev–Trinajstić information content (AvgIpc) is 2.91. The van der Waals surface area contributed by atoms with Gasteiger partial charge in [0.1, 0.15) is 5.82 Å². The molecule has 1 aromatic heterocycles. The van der Waals surface area contributed by atoms with E-state index in [-0.39, 0.29) is 0 Å². The third-order valence-electron chi connectivity index (χ3n) is 3.15. The average molecular weight is 308 g/mol. The Morgan fingerprint density at radius 1 is 1.24 bits per heavy atom. The van der Waals surface area contributed by atoms with E-state index in [1.165, 1.54) is 6.26 Å². The predicted molar refractivity (Wildman–Crippen MR) is 81.9 cm³/mol. The molecule has 0 aliphatic rings. The monoisotopic (exact) mass is 308 g/mol. The quantitative estimate of drug-likeness (QED) is 0.737. The van der Waals surface area contributed by atoms with E-state index in [1.807, 2.05) is 13.1 Å². The molecule has 0 fully saturated rings. The number of aromatic nitrogens is 2. The Kier molecular flexibility index (Phi) is 5.14. The molecule has 0 amide bonds. The molecule has 2 aromatic rings. The van der Waals surface area contributed by atoms with Crippen LogP contribution in [0.1, 0.15) is 13.3 Å². The van der Waals surface area contributed by atoms with Gasteiger partial charge in [0, 0.05) is 44.0 Å². The smallest absolute Gasteiger partial charge is 0.175 e. The van der Waals surface area contributed by atoms with E-state index in [4.69, 9.17) is 4.74 Å². The van der Waals surface area contributed by atoms with Crippen molar-refractivity contribution in [2.45, 2.75) is 24.8 Å². The Hall–Kier alpha value is -1.66. The molecule has 0 radical (unpaired) electrons. The van der Waals surface area contributed by atoms with Crippen LogP contribution in [0.3, 0.4) is 0 Å². The van der Waals surface area contributed by atoms with Gasteiger partial charge in [0.05, 0.1) is 4.90 Å². The molecule has 0 unspecified atom stereocenters. The van der Waals surface area contributed by atoms with Gasteiger partial charge in [-0.05, 0) is 37.6 Å². The summed E-state index contributed by atoms with van der Waals surface area (Å²) in [5, 5.41) is 0. The first-order chi connectivity index (χ1) is 10.0. The van der Waals surface area contributed by atoms with Crippen LogP contribution in [-0.4, -0.2) is 37.4 Å². The van der Waals surface area contributed by atoms with Crippen LogP contribution < -0.4 is 0 Å². The lowest BCUT2D eigenvalue weighted by molar-refractivity contribution is 0.142. The van der Waals surface area contributed by atoms with Gasteiger partial charge >= 0.3 is 0 Å². The van der Waals surface area contributed by atoms with Gasteiger partial charge in [-0.2, -0.15) is 0 Å². The number of imidazole rings is 1. The highest BCUT2D eigenvalue weighted by Gasteiger charge is 2.09. The second-order valence-electron chi connectivity index (χ2n) is 4.79. The standard InChI is InChI=1S/C15H20N2O3S/c1-3-20-12-4-10-17-11-9-16-15(17)13-5-7-14(8-6-13)21(2,18)19/h5-9,11H,3-4,10,12H2,1-2H3. The van der Waals surface area contributed by atoms with Crippen molar-refractivity contribution in [3.05, 3.63) is 36.7 Å². The summed E-state index contributed by atoms with van der Waals surface area (Å²) in [5.41, 5.74) is 0.906. The van der Waals surface area contributed by atoms with Gasteiger partial charge in [-0.3, -0.25) is 0 Å². The first-order valence-corrected chi connectivity index (χ1v) is 8.81. The Balaban J connectivity index is 2.13. The number of sulfone groups is 1. The molecule has 0 atom stereocenters. The number of hydrogen-bond donors (Lipinski definition) is 0. The molecule has 1 heterocycles. The molecule has 5 nitrogen and oxygen atoms in total. The van der Waals surface area contributed by atoms with Crippen LogP contribution in [0.25, 0.3) is 11.4 Å². The Labute approximate surface area is 125 Å². The molecule has 21 heavy (non-hydrogen) atoms. The molecule has 0 spiro atoms. The zero-order valence-corrected chi connectivity index (χ0v) is 13.1. The zero-order chi connectivity index (χ0) is 15.3. The predicted octanol–water partition coefficient (Wildman–Crippen LogP) is 2.38.